The van der Waals surface area contributed by atoms with Gasteiger partial charge in [-0.1, -0.05) is 41.9 Å². The number of rotatable bonds is 8. The van der Waals surface area contributed by atoms with Crippen LogP contribution in [0.15, 0.2) is 102 Å². The Balaban J connectivity index is 1.50. The maximum absolute atomic E-state index is 13.3. The van der Waals surface area contributed by atoms with Gasteiger partial charge in [-0.05, 0) is 72.3 Å². The molecular formula is C28H20ClFN2O4S. The van der Waals surface area contributed by atoms with Gasteiger partial charge in [0.2, 0.25) is 5.91 Å². The van der Waals surface area contributed by atoms with Gasteiger partial charge < -0.3 is 15.7 Å². The van der Waals surface area contributed by atoms with Crippen LogP contribution in [0.4, 0.5) is 15.8 Å². The van der Waals surface area contributed by atoms with E-state index in [0.29, 0.717) is 16.9 Å². The summed E-state index contributed by atoms with van der Waals surface area (Å²) >= 11 is 7.24. The number of amides is 2. The van der Waals surface area contributed by atoms with Crippen LogP contribution in [0.25, 0.3) is 0 Å². The van der Waals surface area contributed by atoms with Crippen LogP contribution >= 0.6 is 23.4 Å². The molecule has 4 aromatic carbocycles. The molecule has 1 unspecified atom stereocenters. The normalized spacial score (nSPS) is 11.4. The number of thioether (sulfide) groups is 1. The summed E-state index contributed by atoms with van der Waals surface area (Å²) in [5, 5.41) is 14.3. The van der Waals surface area contributed by atoms with Crippen molar-refractivity contribution in [1.82, 2.24) is 0 Å². The predicted molar refractivity (Wildman–Crippen MR) is 143 cm³/mol. The van der Waals surface area contributed by atoms with Gasteiger partial charge in [0.15, 0.2) is 0 Å². The SMILES string of the molecule is O=C(Nc1ccc(SC(C(=O)Nc2ccc(Cl)c(C(=O)O)c2)c2ccccc2)cc1)c1ccc(F)cc1. The van der Waals surface area contributed by atoms with Crippen molar-refractivity contribution in [3.05, 3.63) is 125 Å². The zero-order chi connectivity index (χ0) is 26.4. The maximum Gasteiger partial charge on any atom is 0.337 e. The molecule has 186 valence electrons. The molecule has 2 amide bonds. The monoisotopic (exact) mass is 534 g/mol. The summed E-state index contributed by atoms with van der Waals surface area (Å²) in [6, 6.07) is 25.7. The summed E-state index contributed by atoms with van der Waals surface area (Å²) in [6.07, 6.45) is 0. The summed E-state index contributed by atoms with van der Waals surface area (Å²) in [4.78, 5) is 37.8. The van der Waals surface area contributed by atoms with Gasteiger partial charge in [0.05, 0.1) is 10.6 Å². The average molecular weight is 535 g/mol. The number of carboxylic acid groups (broad SMARTS) is 1. The van der Waals surface area contributed by atoms with Gasteiger partial charge in [-0.15, -0.1) is 11.8 Å². The highest BCUT2D eigenvalue weighted by Gasteiger charge is 2.23. The fourth-order valence-electron chi connectivity index (χ4n) is 3.43. The van der Waals surface area contributed by atoms with E-state index in [1.54, 1.807) is 24.3 Å². The molecule has 0 bridgehead atoms. The van der Waals surface area contributed by atoms with E-state index in [-0.39, 0.29) is 22.4 Å². The molecule has 0 aromatic heterocycles. The Morgan fingerprint density at radius 3 is 2.11 bits per heavy atom. The lowest BCUT2D eigenvalue weighted by molar-refractivity contribution is -0.115. The second-order valence-corrected chi connectivity index (χ2v) is 9.47. The zero-order valence-corrected chi connectivity index (χ0v) is 20.7. The first-order valence-corrected chi connectivity index (χ1v) is 12.3. The number of carbonyl (C=O) groups excluding carboxylic acids is 2. The lowest BCUT2D eigenvalue weighted by Crippen LogP contribution is -2.19. The highest BCUT2D eigenvalue weighted by atomic mass is 35.5. The van der Waals surface area contributed by atoms with Gasteiger partial charge in [0, 0.05) is 21.8 Å². The molecule has 0 aliphatic rings. The van der Waals surface area contributed by atoms with Crippen LogP contribution in [-0.2, 0) is 4.79 Å². The van der Waals surface area contributed by atoms with Crippen molar-refractivity contribution in [3.63, 3.8) is 0 Å². The first kappa shape index (κ1) is 25.9. The van der Waals surface area contributed by atoms with Crippen molar-refractivity contribution in [3.8, 4) is 0 Å². The molecule has 0 saturated carbocycles. The highest BCUT2D eigenvalue weighted by molar-refractivity contribution is 8.00. The number of aromatic carboxylic acids is 1. The van der Waals surface area contributed by atoms with Gasteiger partial charge in [-0.3, -0.25) is 9.59 Å². The molecule has 37 heavy (non-hydrogen) atoms. The lowest BCUT2D eigenvalue weighted by atomic mass is 10.1. The van der Waals surface area contributed by atoms with Crippen molar-refractivity contribution < 1.29 is 23.9 Å². The molecule has 0 spiro atoms. The minimum atomic E-state index is -1.19. The molecule has 6 nitrogen and oxygen atoms in total. The molecule has 3 N–H and O–H groups in total. The van der Waals surface area contributed by atoms with Crippen molar-refractivity contribution in [2.45, 2.75) is 10.1 Å². The van der Waals surface area contributed by atoms with Gasteiger partial charge in [-0.25, -0.2) is 9.18 Å². The summed E-state index contributed by atoms with van der Waals surface area (Å²) in [7, 11) is 0. The van der Waals surface area contributed by atoms with E-state index in [9.17, 15) is 23.9 Å². The first-order valence-electron chi connectivity index (χ1n) is 11.0. The van der Waals surface area contributed by atoms with E-state index in [4.69, 9.17) is 11.6 Å². The fourth-order valence-corrected chi connectivity index (χ4v) is 4.66. The van der Waals surface area contributed by atoms with Crippen molar-refractivity contribution in [1.29, 1.82) is 0 Å². The van der Waals surface area contributed by atoms with Crippen LogP contribution < -0.4 is 10.6 Å². The third-order valence-electron chi connectivity index (χ3n) is 5.28. The first-order chi connectivity index (χ1) is 17.8. The predicted octanol–water partition coefficient (Wildman–Crippen LogP) is 6.90. The third-order valence-corrected chi connectivity index (χ3v) is 6.87. The van der Waals surface area contributed by atoms with E-state index in [0.717, 1.165) is 10.5 Å². The zero-order valence-electron chi connectivity index (χ0n) is 19.2. The number of carbonyl (C=O) groups is 3. The second-order valence-electron chi connectivity index (χ2n) is 7.88. The summed E-state index contributed by atoms with van der Waals surface area (Å²) in [6.45, 7) is 0. The number of anilines is 2. The number of benzene rings is 4. The van der Waals surface area contributed by atoms with E-state index in [1.165, 1.54) is 54.2 Å². The van der Waals surface area contributed by atoms with Crippen molar-refractivity contribution in [2.24, 2.45) is 0 Å². The number of hydrogen-bond acceptors (Lipinski definition) is 4. The van der Waals surface area contributed by atoms with Crippen LogP contribution in [0.5, 0.6) is 0 Å². The molecule has 1 atom stereocenters. The molecule has 0 heterocycles. The molecule has 4 rings (SSSR count). The summed E-state index contributed by atoms with van der Waals surface area (Å²) in [5.41, 5.74) is 1.83. The highest BCUT2D eigenvalue weighted by Crippen LogP contribution is 2.37. The summed E-state index contributed by atoms with van der Waals surface area (Å²) in [5.74, 6) is -2.33. The smallest absolute Gasteiger partial charge is 0.337 e. The Labute approximate surface area is 221 Å². The number of hydrogen-bond donors (Lipinski definition) is 3. The lowest BCUT2D eigenvalue weighted by Gasteiger charge is -2.18. The van der Waals surface area contributed by atoms with Gasteiger partial charge >= 0.3 is 5.97 Å². The minimum Gasteiger partial charge on any atom is -0.478 e. The van der Waals surface area contributed by atoms with Crippen LogP contribution in [0.2, 0.25) is 5.02 Å². The van der Waals surface area contributed by atoms with E-state index < -0.39 is 17.0 Å². The standard InChI is InChI=1S/C28H20ClFN2O4S/c29-24-15-12-21(16-23(24)28(35)36)32-27(34)25(17-4-2-1-3-5-17)37-22-13-10-20(11-14-22)31-26(33)18-6-8-19(30)9-7-18/h1-16,25H,(H,31,33)(H,32,34)(H,35,36). The number of carboxylic acids is 1. The Bertz CT molecular complexity index is 1430. The quantitative estimate of drug-likeness (QED) is 0.214. The maximum atomic E-state index is 13.3. The minimum absolute atomic E-state index is 0.0751. The molecule has 0 aliphatic carbocycles. The molecule has 0 radical (unpaired) electrons. The second kappa shape index (κ2) is 11.7. The van der Waals surface area contributed by atoms with E-state index >= 15 is 0 Å². The molecule has 9 heteroatoms. The Hall–Kier alpha value is -4.14. The Morgan fingerprint density at radius 2 is 1.46 bits per heavy atom. The van der Waals surface area contributed by atoms with E-state index in [1.807, 2.05) is 30.3 Å². The van der Waals surface area contributed by atoms with Gasteiger partial charge in [0.1, 0.15) is 11.1 Å². The molecule has 0 saturated heterocycles. The molecule has 0 fully saturated rings. The largest absolute Gasteiger partial charge is 0.478 e. The Morgan fingerprint density at radius 1 is 0.811 bits per heavy atom. The topological polar surface area (TPSA) is 95.5 Å². The van der Waals surface area contributed by atoms with Crippen molar-refractivity contribution >= 4 is 52.5 Å². The Kier molecular flexibility index (Phi) is 8.22. The van der Waals surface area contributed by atoms with Gasteiger partial charge in [0.25, 0.3) is 5.91 Å². The summed E-state index contributed by atoms with van der Waals surface area (Å²) < 4.78 is 13.1. The number of nitrogens with one attached hydrogen (secondary N) is 2. The fraction of sp³-hybridized carbons (Fsp3) is 0.0357. The van der Waals surface area contributed by atoms with Crippen LogP contribution in [-0.4, -0.2) is 22.9 Å². The van der Waals surface area contributed by atoms with Gasteiger partial charge in [-0.2, -0.15) is 0 Å². The van der Waals surface area contributed by atoms with Crippen molar-refractivity contribution in [2.75, 3.05) is 10.6 Å². The van der Waals surface area contributed by atoms with Crippen LogP contribution in [0.1, 0.15) is 31.5 Å². The molecule has 0 aliphatic heterocycles. The molecular weight excluding hydrogens is 515 g/mol. The van der Waals surface area contributed by atoms with Crippen LogP contribution in [0.3, 0.4) is 0 Å². The number of halogens is 2. The average Bonchev–Trinajstić information content (AvgIpc) is 2.90. The molecule has 4 aromatic rings. The van der Waals surface area contributed by atoms with Crippen LogP contribution in [0, 0.1) is 5.82 Å². The third kappa shape index (κ3) is 6.75. The van der Waals surface area contributed by atoms with E-state index in [2.05, 4.69) is 10.6 Å².